The van der Waals surface area contributed by atoms with Gasteiger partial charge >= 0.3 is 0 Å². The normalized spacial score (nSPS) is 16.7. The number of piperazine rings is 1. The van der Waals surface area contributed by atoms with Crippen LogP contribution in [0.5, 0.6) is 0 Å². The maximum absolute atomic E-state index is 13.6. The van der Waals surface area contributed by atoms with E-state index < -0.39 is 5.82 Å². The van der Waals surface area contributed by atoms with Crippen molar-refractivity contribution in [1.29, 1.82) is 0 Å². The SMILES string of the molecule is Cc1cccc(N2C(=O)C(c3ccc(F)cc3)=C(N3CCN(c4ccccn4)CC3)C2=O)c1. The van der Waals surface area contributed by atoms with Crippen LogP contribution in [-0.4, -0.2) is 47.9 Å². The second-order valence-electron chi connectivity index (χ2n) is 8.18. The van der Waals surface area contributed by atoms with Gasteiger partial charge in [0.15, 0.2) is 0 Å². The van der Waals surface area contributed by atoms with E-state index in [1.165, 1.54) is 17.0 Å². The molecule has 33 heavy (non-hydrogen) atoms. The standard InChI is InChI=1S/C26H23FN4O2/c1-18-5-4-6-21(17-18)31-25(32)23(19-8-10-20(27)11-9-19)24(26(31)33)30-15-13-29(14-16-30)22-7-2-3-12-28-22/h2-12,17H,13-16H2,1H3. The van der Waals surface area contributed by atoms with E-state index in [1.807, 2.05) is 48.2 Å². The Morgan fingerprint density at radius 1 is 0.818 bits per heavy atom. The van der Waals surface area contributed by atoms with Gasteiger partial charge in [-0.05, 0) is 54.4 Å². The lowest BCUT2D eigenvalue weighted by atomic mass is 10.0. The highest BCUT2D eigenvalue weighted by molar-refractivity contribution is 6.45. The van der Waals surface area contributed by atoms with E-state index >= 15 is 0 Å². The summed E-state index contributed by atoms with van der Waals surface area (Å²) >= 11 is 0. The number of amides is 2. The van der Waals surface area contributed by atoms with Gasteiger partial charge in [0.2, 0.25) is 0 Å². The predicted octanol–water partition coefficient (Wildman–Crippen LogP) is 3.64. The van der Waals surface area contributed by atoms with Crippen LogP contribution in [0.15, 0.2) is 78.6 Å². The molecule has 0 aliphatic carbocycles. The maximum Gasteiger partial charge on any atom is 0.282 e. The van der Waals surface area contributed by atoms with Crippen LogP contribution in [0.4, 0.5) is 15.9 Å². The molecular weight excluding hydrogens is 419 g/mol. The third-order valence-electron chi connectivity index (χ3n) is 6.02. The van der Waals surface area contributed by atoms with E-state index in [1.54, 1.807) is 24.4 Å². The van der Waals surface area contributed by atoms with Crippen LogP contribution < -0.4 is 9.80 Å². The maximum atomic E-state index is 13.6. The first-order valence-electron chi connectivity index (χ1n) is 10.9. The molecule has 7 heteroatoms. The molecule has 0 N–H and O–H groups in total. The summed E-state index contributed by atoms with van der Waals surface area (Å²) in [5.41, 5.74) is 2.70. The van der Waals surface area contributed by atoms with E-state index in [0.29, 0.717) is 48.7 Å². The van der Waals surface area contributed by atoms with Gasteiger partial charge in [-0.15, -0.1) is 0 Å². The molecule has 1 fully saturated rings. The Bertz CT molecular complexity index is 1230. The Morgan fingerprint density at radius 2 is 1.55 bits per heavy atom. The van der Waals surface area contributed by atoms with Crippen molar-refractivity contribution in [2.24, 2.45) is 0 Å². The molecule has 3 heterocycles. The third kappa shape index (κ3) is 3.86. The molecule has 3 aromatic rings. The molecule has 1 saturated heterocycles. The minimum atomic E-state index is -0.391. The average Bonchev–Trinajstić information content (AvgIpc) is 3.10. The Hall–Kier alpha value is -4.00. The first kappa shape index (κ1) is 20.9. The lowest BCUT2D eigenvalue weighted by Gasteiger charge is -2.37. The van der Waals surface area contributed by atoms with Crippen LogP contribution >= 0.6 is 0 Å². The molecule has 6 nitrogen and oxygen atoms in total. The topological polar surface area (TPSA) is 56.8 Å². The summed E-state index contributed by atoms with van der Waals surface area (Å²) in [6, 6.07) is 18.8. The lowest BCUT2D eigenvalue weighted by molar-refractivity contribution is -0.120. The Balaban J connectivity index is 1.51. The monoisotopic (exact) mass is 442 g/mol. The molecule has 0 unspecified atom stereocenters. The van der Waals surface area contributed by atoms with Gasteiger partial charge in [0, 0.05) is 32.4 Å². The summed E-state index contributed by atoms with van der Waals surface area (Å²) in [6.45, 7) is 4.39. The molecule has 5 rings (SSSR count). The van der Waals surface area contributed by atoms with Gasteiger partial charge in [-0.3, -0.25) is 9.59 Å². The van der Waals surface area contributed by atoms with Crippen LogP contribution in [0.2, 0.25) is 0 Å². The molecule has 0 atom stereocenters. The molecule has 0 radical (unpaired) electrons. The number of anilines is 2. The lowest BCUT2D eigenvalue weighted by Crippen LogP contribution is -2.48. The Labute approximate surface area is 191 Å². The number of benzene rings is 2. The van der Waals surface area contributed by atoms with E-state index in [-0.39, 0.29) is 11.8 Å². The number of imide groups is 1. The zero-order chi connectivity index (χ0) is 22.9. The van der Waals surface area contributed by atoms with Crippen LogP contribution in [0.25, 0.3) is 5.57 Å². The molecule has 166 valence electrons. The highest BCUT2D eigenvalue weighted by Crippen LogP contribution is 2.35. The van der Waals surface area contributed by atoms with E-state index in [4.69, 9.17) is 0 Å². The van der Waals surface area contributed by atoms with Gasteiger partial charge in [-0.2, -0.15) is 0 Å². The minimum absolute atomic E-state index is 0.313. The van der Waals surface area contributed by atoms with Crippen molar-refractivity contribution < 1.29 is 14.0 Å². The number of nitrogens with zero attached hydrogens (tertiary/aromatic N) is 4. The van der Waals surface area contributed by atoms with E-state index in [2.05, 4.69) is 9.88 Å². The summed E-state index contributed by atoms with van der Waals surface area (Å²) in [5, 5.41) is 0. The van der Waals surface area contributed by atoms with Crippen LogP contribution in [0, 0.1) is 12.7 Å². The molecule has 2 amide bonds. The molecular formula is C26H23FN4O2. The minimum Gasteiger partial charge on any atom is -0.363 e. The smallest absolute Gasteiger partial charge is 0.282 e. The van der Waals surface area contributed by atoms with Crippen molar-refractivity contribution in [1.82, 2.24) is 9.88 Å². The van der Waals surface area contributed by atoms with Gasteiger partial charge in [-0.1, -0.05) is 30.3 Å². The summed E-state index contributed by atoms with van der Waals surface area (Å²) in [5.74, 6) is -0.243. The number of hydrogen-bond donors (Lipinski definition) is 0. The van der Waals surface area contributed by atoms with Gasteiger partial charge in [-0.25, -0.2) is 14.3 Å². The largest absolute Gasteiger partial charge is 0.363 e. The molecule has 1 aromatic heterocycles. The second-order valence-corrected chi connectivity index (χ2v) is 8.18. The second kappa shape index (κ2) is 8.50. The van der Waals surface area contributed by atoms with Crippen LogP contribution in [0.3, 0.4) is 0 Å². The number of carbonyl (C=O) groups excluding carboxylic acids is 2. The van der Waals surface area contributed by atoms with Crippen LogP contribution in [0.1, 0.15) is 11.1 Å². The van der Waals surface area contributed by atoms with E-state index in [9.17, 15) is 14.0 Å². The number of aromatic nitrogens is 1. The molecule has 0 saturated carbocycles. The van der Waals surface area contributed by atoms with Gasteiger partial charge < -0.3 is 9.80 Å². The first-order valence-corrected chi connectivity index (χ1v) is 10.9. The number of hydrogen-bond acceptors (Lipinski definition) is 5. The first-order chi connectivity index (χ1) is 16.0. The zero-order valence-electron chi connectivity index (χ0n) is 18.2. The van der Waals surface area contributed by atoms with Gasteiger partial charge in [0.25, 0.3) is 11.8 Å². The highest BCUT2D eigenvalue weighted by atomic mass is 19.1. The quantitative estimate of drug-likeness (QED) is 0.578. The fraction of sp³-hybridized carbons (Fsp3) is 0.192. The molecule has 2 aliphatic rings. The Kier molecular flexibility index (Phi) is 5.38. The number of pyridine rings is 1. The molecule has 0 bridgehead atoms. The van der Waals surface area contributed by atoms with Gasteiger partial charge in [0.1, 0.15) is 17.3 Å². The molecule has 2 aliphatic heterocycles. The van der Waals surface area contributed by atoms with Crippen LogP contribution in [-0.2, 0) is 9.59 Å². The van der Waals surface area contributed by atoms with Crippen molar-refractivity contribution >= 4 is 28.9 Å². The zero-order valence-corrected chi connectivity index (χ0v) is 18.2. The molecule has 2 aromatic carbocycles. The summed E-state index contributed by atoms with van der Waals surface area (Å²) in [4.78, 5) is 37.0. The predicted molar refractivity (Wildman–Crippen MR) is 125 cm³/mol. The number of aryl methyl sites for hydroxylation is 1. The van der Waals surface area contributed by atoms with Crippen molar-refractivity contribution in [2.75, 3.05) is 36.0 Å². The number of halogens is 1. The number of carbonyl (C=O) groups is 2. The van der Waals surface area contributed by atoms with Crippen molar-refractivity contribution in [3.63, 3.8) is 0 Å². The summed E-state index contributed by atoms with van der Waals surface area (Å²) < 4.78 is 13.6. The fourth-order valence-electron chi connectivity index (χ4n) is 4.39. The Morgan fingerprint density at radius 3 is 2.21 bits per heavy atom. The number of rotatable bonds is 4. The molecule has 0 spiro atoms. The summed E-state index contributed by atoms with van der Waals surface area (Å²) in [7, 11) is 0. The van der Waals surface area contributed by atoms with Crippen molar-refractivity contribution in [2.45, 2.75) is 6.92 Å². The van der Waals surface area contributed by atoms with E-state index in [0.717, 1.165) is 11.4 Å². The van der Waals surface area contributed by atoms with Crippen molar-refractivity contribution in [3.05, 3.63) is 95.6 Å². The third-order valence-corrected chi connectivity index (χ3v) is 6.02. The fourth-order valence-corrected chi connectivity index (χ4v) is 4.39. The van der Waals surface area contributed by atoms with Gasteiger partial charge in [0.05, 0.1) is 11.3 Å². The highest BCUT2D eigenvalue weighted by Gasteiger charge is 2.43. The summed E-state index contributed by atoms with van der Waals surface area (Å²) in [6.07, 6.45) is 1.76. The average molecular weight is 442 g/mol. The van der Waals surface area contributed by atoms with Crippen molar-refractivity contribution in [3.8, 4) is 0 Å².